The zero-order chi connectivity index (χ0) is 12.8. The predicted octanol–water partition coefficient (Wildman–Crippen LogP) is 2.04. The van der Waals surface area contributed by atoms with Crippen molar-refractivity contribution in [1.82, 2.24) is 0 Å². The molecule has 0 amide bonds. The molecule has 0 aliphatic heterocycles. The van der Waals surface area contributed by atoms with Crippen LogP contribution in [-0.2, 0) is 0 Å². The van der Waals surface area contributed by atoms with Crippen LogP contribution in [-0.4, -0.2) is 11.7 Å². The number of aliphatic hydroxyl groups excluding tert-OH is 1. The Morgan fingerprint density at radius 2 is 1.39 bits per heavy atom. The van der Waals surface area contributed by atoms with Crippen LogP contribution in [0.3, 0.4) is 0 Å². The van der Waals surface area contributed by atoms with Crippen molar-refractivity contribution < 1.29 is 10.4 Å². The normalized spacial score (nSPS) is 14.1. The van der Waals surface area contributed by atoms with Crippen molar-refractivity contribution in [3.63, 3.8) is 0 Å². The van der Waals surface area contributed by atoms with Crippen molar-refractivity contribution >= 4 is 0 Å². The minimum absolute atomic E-state index is 0.365. The molecule has 0 aliphatic rings. The molecule has 0 saturated heterocycles. The highest BCUT2D eigenvalue weighted by molar-refractivity contribution is 5.18. The average Bonchev–Trinajstić information content (AvgIpc) is 2.46. The Kier molecular flexibility index (Phi) is 4.51. The van der Waals surface area contributed by atoms with Gasteiger partial charge in [-0.25, -0.2) is 0 Å². The smallest absolute Gasteiger partial charge is 0.128 e. The van der Waals surface area contributed by atoms with Crippen LogP contribution in [0.4, 0.5) is 0 Å². The number of quaternary nitrogens is 1. The van der Waals surface area contributed by atoms with Gasteiger partial charge in [-0.2, -0.15) is 0 Å². The van der Waals surface area contributed by atoms with Gasteiger partial charge in [-0.1, -0.05) is 60.7 Å². The van der Waals surface area contributed by atoms with Crippen LogP contribution in [0.25, 0.3) is 0 Å². The fourth-order valence-corrected chi connectivity index (χ4v) is 2.04. The minimum atomic E-state index is -0.405. The van der Waals surface area contributed by atoms with E-state index in [0.717, 1.165) is 5.56 Å². The fourth-order valence-electron chi connectivity index (χ4n) is 2.04. The van der Waals surface area contributed by atoms with Crippen LogP contribution in [0.2, 0.25) is 0 Å². The SMILES string of the molecule is C[C@@H]([NH2+]C[C@H](O)c1ccccc1)c1ccccc1. The van der Waals surface area contributed by atoms with E-state index in [0.29, 0.717) is 12.6 Å². The van der Waals surface area contributed by atoms with Gasteiger partial charge in [0.15, 0.2) is 0 Å². The molecule has 2 rings (SSSR count). The van der Waals surface area contributed by atoms with Crippen molar-refractivity contribution in [3.05, 3.63) is 71.8 Å². The molecule has 0 aliphatic carbocycles. The Bertz CT molecular complexity index is 410. The highest BCUT2D eigenvalue weighted by Gasteiger charge is 2.13. The van der Waals surface area contributed by atoms with E-state index < -0.39 is 6.10 Å². The first-order valence-electron chi connectivity index (χ1n) is 6.38. The summed E-state index contributed by atoms with van der Waals surface area (Å²) < 4.78 is 0. The summed E-state index contributed by atoms with van der Waals surface area (Å²) in [6.07, 6.45) is -0.405. The predicted molar refractivity (Wildman–Crippen MR) is 73.1 cm³/mol. The van der Waals surface area contributed by atoms with Gasteiger partial charge in [0.05, 0.1) is 0 Å². The molecule has 0 saturated carbocycles. The summed E-state index contributed by atoms with van der Waals surface area (Å²) in [5.74, 6) is 0. The maximum Gasteiger partial charge on any atom is 0.128 e. The number of benzene rings is 2. The summed E-state index contributed by atoms with van der Waals surface area (Å²) in [5.41, 5.74) is 2.27. The molecule has 0 spiro atoms. The van der Waals surface area contributed by atoms with E-state index in [1.54, 1.807) is 0 Å². The molecule has 0 unspecified atom stereocenters. The van der Waals surface area contributed by atoms with Gasteiger partial charge in [0.2, 0.25) is 0 Å². The Hall–Kier alpha value is -1.64. The highest BCUT2D eigenvalue weighted by atomic mass is 16.3. The first kappa shape index (κ1) is 12.8. The van der Waals surface area contributed by atoms with E-state index in [9.17, 15) is 5.11 Å². The van der Waals surface area contributed by atoms with Gasteiger partial charge in [0, 0.05) is 5.56 Å². The lowest BCUT2D eigenvalue weighted by Crippen LogP contribution is -2.85. The van der Waals surface area contributed by atoms with Gasteiger partial charge in [-0.15, -0.1) is 0 Å². The molecule has 94 valence electrons. The van der Waals surface area contributed by atoms with E-state index in [1.807, 2.05) is 48.5 Å². The zero-order valence-corrected chi connectivity index (χ0v) is 10.7. The molecule has 0 fully saturated rings. The summed E-state index contributed by atoms with van der Waals surface area (Å²) in [4.78, 5) is 0. The third kappa shape index (κ3) is 3.42. The van der Waals surface area contributed by atoms with Gasteiger partial charge in [0.1, 0.15) is 18.7 Å². The standard InChI is InChI=1S/C16H19NO/c1-13(14-8-4-2-5-9-14)17-12-16(18)15-10-6-3-7-11-15/h2-11,13,16-18H,12H2,1H3/p+1/t13-,16+/m1/s1. The molecule has 2 atom stereocenters. The number of hydrogen-bond acceptors (Lipinski definition) is 1. The third-order valence-corrected chi connectivity index (χ3v) is 3.22. The molecule has 2 heteroatoms. The third-order valence-electron chi connectivity index (χ3n) is 3.22. The molecule has 3 N–H and O–H groups in total. The molecule has 2 aromatic carbocycles. The van der Waals surface area contributed by atoms with Crippen LogP contribution >= 0.6 is 0 Å². The van der Waals surface area contributed by atoms with Crippen LogP contribution in [0, 0.1) is 0 Å². The summed E-state index contributed by atoms with van der Waals surface area (Å²) in [5, 5.41) is 12.3. The number of hydrogen-bond donors (Lipinski definition) is 2. The van der Waals surface area contributed by atoms with Crippen molar-refractivity contribution in [1.29, 1.82) is 0 Å². The molecule has 0 aromatic heterocycles. The van der Waals surface area contributed by atoms with E-state index >= 15 is 0 Å². The molecule has 2 nitrogen and oxygen atoms in total. The summed E-state index contributed by atoms with van der Waals surface area (Å²) >= 11 is 0. The first-order valence-corrected chi connectivity index (χ1v) is 6.38. The topological polar surface area (TPSA) is 36.8 Å². The maximum absolute atomic E-state index is 10.1. The van der Waals surface area contributed by atoms with Gasteiger partial charge >= 0.3 is 0 Å². The van der Waals surface area contributed by atoms with E-state index in [-0.39, 0.29) is 0 Å². The molecule has 0 heterocycles. The van der Waals surface area contributed by atoms with Crippen LogP contribution < -0.4 is 5.32 Å². The van der Waals surface area contributed by atoms with E-state index in [2.05, 4.69) is 24.4 Å². The lowest BCUT2D eigenvalue weighted by molar-refractivity contribution is -0.699. The van der Waals surface area contributed by atoms with Gasteiger partial charge in [-0.3, -0.25) is 0 Å². The molecular formula is C16H20NO+. The van der Waals surface area contributed by atoms with Gasteiger partial charge in [0.25, 0.3) is 0 Å². The Labute approximate surface area is 108 Å². The van der Waals surface area contributed by atoms with Crippen molar-refractivity contribution in [2.45, 2.75) is 19.1 Å². The van der Waals surface area contributed by atoms with Crippen LogP contribution in [0.15, 0.2) is 60.7 Å². The van der Waals surface area contributed by atoms with Crippen LogP contribution in [0.5, 0.6) is 0 Å². The number of rotatable bonds is 5. The maximum atomic E-state index is 10.1. The lowest BCUT2D eigenvalue weighted by Gasteiger charge is -2.14. The minimum Gasteiger partial charge on any atom is -0.382 e. The Morgan fingerprint density at radius 1 is 0.889 bits per heavy atom. The van der Waals surface area contributed by atoms with Gasteiger partial charge in [-0.05, 0) is 12.5 Å². The van der Waals surface area contributed by atoms with Crippen molar-refractivity contribution in [2.75, 3.05) is 6.54 Å². The number of aliphatic hydroxyl groups is 1. The zero-order valence-electron chi connectivity index (χ0n) is 10.7. The number of nitrogens with two attached hydrogens (primary N) is 1. The monoisotopic (exact) mass is 242 g/mol. The average molecular weight is 242 g/mol. The quantitative estimate of drug-likeness (QED) is 0.827. The molecule has 18 heavy (non-hydrogen) atoms. The van der Waals surface area contributed by atoms with Crippen molar-refractivity contribution in [2.24, 2.45) is 0 Å². The first-order chi connectivity index (χ1) is 8.77. The van der Waals surface area contributed by atoms with Crippen molar-refractivity contribution in [3.8, 4) is 0 Å². The van der Waals surface area contributed by atoms with Gasteiger partial charge < -0.3 is 10.4 Å². The second-order valence-corrected chi connectivity index (χ2v) is 4.60. The largest absolute Gasteiger partial charge is 0.382 e. The Morgan fingerprint density at radius 3 is 1.94 bits per heavy atom. The lowest BCUT2D eigenvalue weighted by atomic mass is 10.1. The summed E-state index contributed by atoms with van der Waals surface area (Å²) in [7, 11) is 0. The Balaban J connectivity index is 1.89. The van der Waals surface area contributed by atoms with E-state index in [4.69, 9.17) is 0 Å². The second-order valence-electron chi connectivity index (χ2n) is 4.60. The highest BCUT2D eigenvalue weighted by Crippen LogP contribution is 2.11. The molecule has 0 bridgehead atoms. The fraction of sp³-hybridized carbons (Fsp3) is 0.250. The second kappa shape index (κ2) is 6.34. The summed E-state index contributed by atoms with van der Waals surface area (Å²) in [6, 6.07) is 20.5. The molecule has 0 radical (unpaired) electrons. The summed E-state index contributed by atoms with van der Waals surface area (Å²) in [6.45, 7) is 2.84. The van der Waals surface area contributed by atoms with Crippen LogP contribution in [0.1, 0.15) is 30.2 Å². The van der Waals surface area contributed by atoms with E-state index in [1.165, 1.54) is 5.56 Å². The molecule has 2 aromatic rings. The molecular weight excluding hydrogens is 222 g/mol.